The molecular weight excluding hydrogens is 214 g/mol. The Labute approximate surface area is 103 Å². The molecule has 0 unspecified atom stereocenters. The summed E-state index contributed by atoms with van der Waals surface area (Å²) in [6.07, 6.45) is 1.76. The predicted octanol–water partition coefficient (Wildman–Crippen LogP) is 1.26. The second-order valence-corrected chi connectivity index (χ2v) is 5.57. The Kier molecular flexibility index (Phi) is 3.56. The van der Waals surface area contributed by atoms with E-state index in [9.17, 15) is 0 Å². The zero-order valence-electron chi connectivity index (χ0n) is 11.1. The summed E-state index contributed by atoms with van der Waals surface area (Å²) in [5.74, 6) is 1.02. The van der Waals surface area contributed by atoms with Gasteiger partial charge in [0.1, 0.15) is 5.76 Å². The van der Waals surface area contributed by atoms with E-state index >= 15 is 0 Å². The highest BCUT2D eigenvalue weighted by Crippen LogP contribution is 2.20. The Morgan fingerprint density at radius 3 is 2.76 bits per heavy atom. The maximum Gasteiger partial charge on any atom is 0.118 e. The molecule has 0 spiro atoms. The summed E-state index contributed by atoms with van der Waals surface area (Å²) < 4.78 is 5.52. The molecule has 1 aliphatic rings. The lowest BCUT2D eigenvalue weighted by Crippen LogP contribution is -2.57. The van der Waals surface area contributed by atoms with Crippen molar-refractivity contribution >= 4 is 0 Å². The van der Waals surface area contributed by atoms with Crippen LogP contribution in [0.15, 0.2) is 16.7 Å². The van der Waals surface area contributed by atoms with Gasteiger partial charge in [-0.2, -0.15) is 0 Å². The minimum Gasteiger partial charge on any atom is -0.468 e. The molecule has 0 atom stereocenters. The third-order valence-corrected chi connectivity index (χ3v) is 3.72. The van der Waals surface area contributed by atoms with Gasteiger partial charge in [-0.3, -0.25) is 9.80 Å². The first kappa shape index (κ1) is 12.6. The molecule has 4 nitrogen and oxygen atoms in total. The fraction of sp³-hybridized carbons (Fsp3) is 0.692. The molecule has 96 valence electrons. The molecule has 0 aliphatic carbocycles. The van der Waals surface area contributed by atoms with Crippen LogP contribution in [-0.4, -0.2) is 42.0 Å². The minimum absolute atomic E-state index is 0.238. The van der Waals surface area contributed by atoms with Crippen LogP contribution >= 0.6 is 0 Å². The molecule has 1 fully saturated rings. The van der Waals surface area contributed by atoms with Gasteiger partial charge in [0.05, 0.1) is 12.8 Å². The SMILES string of the molecule is CN1CCN(Cc2cc(CN)co2)CC1(C)C. The summed E-state index contributed by atoms with van der Waals surface area (Å²) in [5.41, 5.74) is 6.89. The number of likely N-dealkylation sites (N-methyl/N-ethyl adjacent to an activating group) is 1. The Balaban J connectivity index is 1.96. The van der Waals surface area contributed by atoms with Crippen molar-refractivity contribution in [3.05, 3.63) is 23.7 Å². The van der Waals surface area contributed by atoms with Gasteiger partial charge in [-0.25, -0.2) is 0 Å². The first-order chi connectivity index (χ1) is 8.01. The van der Waals surface area contributed by atoms with Gasteiger partial charge in [-0.15, -0.1) is 0 Å². The number of rotatable bonds is 3. The molecule has 0 amide bonds. The van der Waals surface area contributed by atoms with E-state index in [0.717, 1.165) is 37.5 Å². The van der Waals surface area contributed by atoms with Crippen LogP contribution in [0.4, 0.5) is 0 Å². The quantitative estimate of drug-likeness (QED) is 0.860. The highest BCUT2D eigenvalue weighted by atomic mass is 16.3. The number of nitrogens with two attached hydrogens (primary N) is 1. The highest BCUT2D eigenvalue weighted by Gasteiger charge is 2.31. The van der Waals surface area contributed by atoms with Crippen molar-refractivity contribution in [1.82, 2.24) is 9.80 Å². The minimum atomic E-state index is 0.238. The van der Waals surface area contributed by atoms with Crippen molar-refractivity contribution in [2.24, 2.45) is 5.73 Å². The molecule has 1 aromatic heterocycles. The topological polar surface area (TPSA) is 45.6 Å². The van der Waals surface area contributed by atoms with E-state index in [2.05, 4.69) is 36.8 Å². The van der Waals surface area contributed by atoms with Crippen LogP contribution in [0.2, 0.25) is 0 Å². The van der Waals surface area contributed by atoms with E-state index in [1.54, 1.807) is 6.26 Å². The first-order valence-corrected chi connectivity index (χ1v) is 6.21. The van der Waals surface area contributed by atoms with Gasteiger partial charge in [-0.05, 0) is 27.0 Å². The summed E-state index contributed by atoms with van der Waals surface area (Å²) in [6.45, 7) is 9.28. The van der Waals surface area contributed by atoms with E-state index in [1.165, 1.54) is 0 Å². The van der Waals surface area contributed by atoms with Crippen LogP contribution in [0.1, 0.15) is 25.2 Å². The van der Waals surface area contributed by atoms with Crippen LogP contribution in [0.3, 0.4) is 0 Å². The van der Waals surface area contributed by atoms with E-state index in [0.29, 0.717) is 6.54 Å². The van der Waals surface area contributed by atoms with Crippen LogP contribution in [0, 0.1) is 0 Å². The van der Waals surface area contributed by atoms with Crippen molar-refractivity contribution in [2.45, 2.75) is 32.5 Å². The highest BCUT2D eigenvalue weighted by molar-refractivity contribution is 5.12. The van der Waals surface area contributed by atoms with Crippen LogP contribution in [-0.2, 0) is 13.1 Å². The van der Waals surface area contributed by atoms with Crippen molar-refractivity contribution < 1.29 is 4.42 Å². The number of hydrogen-bond donors (Lipinski definition) is 1. The first-order valence-electron chi connectivity index (χ1n) is 6.21. The molecule has 0 bridgehead atoms. The fourth-order valence-corrected chi connectivity index (χ4v) is 2.31. The lowest BCUT2D eigenvalue weighted by molar-refractivity contribution is 0.0328. The van der Waals surface area contributed by atoms with Gasteiger partial charge in [0.25, 0.3) is 0 Å². The largest absolute Gasteiger partial charge is 0.468 e. The maximum atomic E-state index is 5.58. The van der Waals surface area contributed by atoms with Crippen LogP contribution in [0.5, 0.6) is 0 Å². The van der Waals surface area contributed by atoms with Gasteiger partial charge in [-0.1, -0.05) is 0 Å². The van der Waals surface area contributed by atoms with Gasteiger partial charge >= 0.3 is 0 Å². The van der Waals surface area contributed by atoms with Crippen LogP contribution < -0.4 is 5.73 Å². The number of piperazine rings is 1. The zero-order chi connectivity index (χ0) is 12.5. The lowest BCUT2D eigenvalue weighted by atomic mass is 10.00. The smallest absolute Gasteiger partial charge is 0.118 e. The average molecular weight is 237 g/mol. The van der Waals surface area contributed by atoms with Gasteiger partial charge in [0, 0.05) is 37.3 Å². The number of hydrogen-bond acceptors (Lipinski definition) is 4. The van der Waals surface area contributed by atoms with Crippen molar-refractivity contribution in [2.75, 3.05) is 26.7 Å². The van der Waals surface area contributed by atoms with Gasteiger partial charge in [0.2, 0.25) is 0 Å². The molecule has 4 heteroatoms. The molecule has 1 aromatic rings. The average Bonchev–Trinajstić information content (AvgIpc) is 2.71. The third-order valence-electron chi connectivity index (χ3n) is 3.72. The van der Waals surface area contributed by atoms with Gasteiger partial charge in [0.15, 0.2) is 0 Å². The maximum absolute atomic E-state index is 5.58. The summed E-state index contributed by atoms with van der Waals surface area (Å²) in [4.78, 5) is 4.86. The number of nitrogens with zero attached hydrogens (tertiary/aromatic N) is 2. The number of furan rings is 1. The molecular formula is C13H23N3O. The Morgan fingerprint density at radius 2 is 2.18 bits per heavy atom. The molecule has 2 N–H and O–H groups in total. The van der Waals surface area contributed by atoms with Crippen molar-refractivity contribution in [1.29, 1.82) is 0 Å². The summed E-state index contributed by atoms with van der Waals surface area (Å²) in [7, 11) is 2.19. The molecule has 0 saturated carbocycles. The predicted molar refractivity (Wildman–Crippen MR) is 68.6 cm³/mol. The lowest BCUT2D eigenvalue weighted by Gasteiger charge is -2.45. The summed E-state index contributed by atoms with van der Waals surface area (Å²) >= 11 is 0. The summed E-state index contributed by atoms with van der Waals surface area (Å²) in [5, 5.41) is 0. The molecule has 0 aromatic carbocycles. The second kappa shape index (κ2) is 4.80. The van der Waals surface area contributed by atoms with Crippen molar-refractivity contribution in [3.63, 3.8) is 0 Å². The summed E-state index contributed by atoms with van der Waals surface area (Å²) in [6, 6.07) is 2.06. The van der Waals surface area contributed by atoms with Crippen LogP contribution in [0.25, 0.3) is 0 Å². The van der Waals surface area contributed by atoms with Crippen molar-refractivity contribution in [3.8, 4) is 0 Å². The van der Waals surface area contributed by atoms with E-state index in [1.807, 2.05) is 0 Å². The molecule has 0 radical (unpaired) electrons. The van der Waals surface area contributed by atoms with Gasteiger partial charge < -0.3 is 10.2 Å². The Morgan fingerprint density at radius 1 is 1.41 bits per heavy atom. The van der Waals surface area contributed by atoms with E-state index in [-0.39, 0.29) is 5.54 Å². The monoisotopic (exact) mass is 237 g/mol. The third kappa shape index (κ3) is 2.89. The normalized spacial score (nSPS) is 21.9. The standard InChI is InChI=1S/C13H23N3O/c1-13(2)10-16(5-4-15(13)3)8-12-6-11(7-14)9-17-12/h6,9H,4-5,7-8,10,14H2,1-3H3. The Bertz CT molecular complexity index is 372. The molecule has 2 heterocycles. The van der Waals surface area contributed by atoms with E-state index in [4.69, 9.17) is 10.2 Å². The second-order valence-electron chi connectivity index (χ2n) is 5.57. The van der Waals surface area contributed by atoms with E-state index < -0.39 is 0 Å². The molecule has 1 aliphatic heterocycles. The molecule has 17 heavy (non-hydrogen) atoms. The fourth-order valence-electron chi connectivity index (χ4n) is 2.31. The molecule has 1 saturated heterocycles. The molecule has 2 rings (SSSR count). The zero-order valence-corrected chi connectivity index (χ0v) is 11.1. The Hall–Kier alpha value is -0.840.